The fourth-order valence-electron chi connectivity index (χ4n) is 0.887. The molecule has 0 radical (unpaired) electrons. The lowest BCUT2D eigenvalue weighted by Crippen LogP contribution is -2.00. The molecular weight excluding hydrogens is 196 g/mol. The Morgan fingerprint density at radius 2 is 2.17 bits per heavy atom. The van der Waals surface area contributed by atoms with E-state index in [1.165, 1.54) is 6.07 Å². The van der Waals surface area contributed by atoms with Gasteiger partial charge in [-0.15, -0.1) is 12.6 Å². The first-order chi connectivity index (χ1) is 5.52. The van der Waals surface area contributed by atoms with Crippen LogP contribution in [0.5, 0.6) is 0 Å². The molecule has 0 bridgehead atoms. The number of benzene rings is 1. The molecule has 0 spiro atoms. The van der Waals surface area contributed by atoms with E-state index in [2.05, 4.69) is 12.6 Å². The van der Waals surface area contributed by atoms with Gasteiger partial charge in [0.2, 0.25) is 0 Å². The summed E-state index contributed by atoms with van der Waals surface area (Å²) in [6.07, 6.45) is 0. The van der Waals surface area contributed by atoms with Crippen molar-refractivity contribution < 1.29 is 9.90 Å². The van der Waals surface area contributed by atoms with Crippen molar-refractivity contribution in [2.24, 2.45) is 0 Å². The predicted molar refractivity (Wildman–Crippen MR) is 50.4 cm³/mol. The molecule has 12 heavy (non-hydrogen) atoms. The lowest BCUT2D eigenvalue weighted by atomic mass is 10.1. The lowest BCUT2D eigenvalue weighted by molar-refractivity contribution is 0.0696. The zero-order valence-electron chi connectivity index (χ0n) is 6.34. The molecule has 1 aromatic carbocycles. The summed E-state index contributed by atoms with van der Waals surface area (Å²) in [5.41, 5.74) is 0.836. The van der Waals surface area contributed by atoms with Crippen molar-refractivity contribution >= 4 is 30.2 Å². The van der Waals surface area contributed by atoms with Gasteiger partial charge in [0.05, 0.1) is 5.56 Å². The van der Waals surface area contributed by atoms with Gasteiger partial charge in [0.15, 0.2) is 0 Å². The van der Waals surface area contributed by atoms with Gasteiger partial charge in [-0.3, -0.25) is 0 Å². The van der Waals surface area contributed by atoms with Crippen molar-refractivity contribution in [1.82, 2.24) is 0 Å². The van der Waals surface area contributed by atoms with Crippen molar-refractivity contribution in [2.45, 2.75) is 11.8 Å². The second kappa shape index (κ2) is 3.37. The van der Waals surface area contributed by atoms with Gasteiger partial charge in [-0.2, -0.15) is 0 Å². The van der Waals surface area contributed by atoms with Gasteiger partial charge in [0.1, 0.15) is 0 Å². The highest BCUT2D eigenvalue weighted by Gasteiger charge is 2.09. The minimum atomic E-state index is -0.981. The molecule has 0 amide bonds. The second-order valence-electron chi connectivity index (χ2n) is 2.40. The van der Waals surface area contributed by atoms with Gasteiger partial charge >= 0.3 is 5.97 Å². The molecule has 0 aliphatic carbocycles. The van der Waals surface area contributed by atoms with E-state index in [-0.39, 0.29) is 5.56 Å². The Labute approximate surface area is 80.6 Å². The van der Waals surface area contributed by atoms with Gasteiger partial charge in [-0.1, -0.05) is 11.6 Å². The fraction of sp³-hybridized carbons (Fsp3) is 0.125. The van der Waals surface area contributed by atoms with Gasteiger partial charge in [-0.05, 0) is 24.6 Å². The third kappa shape index (κ3) is 1.73. The molecule has 1 aromatic rings. The van der Waals surface area contributed by atoms with Crippen LogP contribution in [0.1, 0.15) is 15.9 Å². The Morgan fingerprint density at radius 3 is 2.67 bits per heavy atom. The SMILES string of the molecule is Cc1c(S)cc(Cl)cc1C(=O)O. The van der Waals surface area contributed by atoms with Crippen molar-refractivity contribution in [1.29, 1.82) is 0 Å². The molecule has 0 saturated carbocycles. The highest BCUT2D eigenvalue weighted by Crippen LogP contribution is 2.22. The number of hydrogen-bond donors (Lipinski definition) is 2. The average Bonchev–Trinajstić information content (AvgIpc) is 1.96. The number of carbonyl (C=O) groups is 1. The van der Waals surface area contributed by atoms with E-state index < -0.39 is 5.97 Å². The molecule has 64 valence electrons. The molecule has 0 aliphatic rings. The Morgan fingerprint density at radius 1 is 1.58 bits per heavy atom. The van der Waals surface area contributed by atoms with Crippen LogP contribution in [0.2, 0.25) is 5.02 Å². The topological polar surface area (TPSA) is 37.3 Å². The van der Waals surface area contributed by atoms with E-state index in [0.717, 1.165) is 0 Å². The number of thiol groups is 1. The van der Waals surface area contributed by atoms with Crippen molar-refractivity contribution in [2.75, 3.05) is 0 Å². The van der Waals surface area contributed by atoms with E-state index in [9.17, 15) is 4.79 Å². The van der Waals surface area contributed by atoms with Crippen LogP contribution in [0, 0.1) is 6.92 Å². The van der Waals surface area contributed by atoms with Crippen molar-refractivity contribution in [3.63, 3.8) is 0 Å². The normalized spacial score (nSPS) is 9.92. The Hall–Kier alpha value is -0.670. The molecular formula is C8H7ClO2S. The number of halogens is 1. The van der Waals surface area contributed by atoms with Crippen molar-refractivity contribution in [3.05, 3.63) is 28.3 Å². The van der Waals surface area contributed by atoms with Crippen LogP contribution in [-0.4, -0.2) is 11.1 Å². The first kappa shape index (κ1) is 9.42. The number of aromatic carboxylic acids is 1. The van der Waals surface area contributed by atoms with Gasteiger partial charge < -0.3 is 5.11 Å². The van der Waals surface area contributed by atoms with E-state index in [0.29, 0.717) is 15.5 Å². The van der Waals surface area contributed by atoms with Gasteiger partial charge in [0, 0.05) is 9.92 Å². The van der Waals surface area contributed by atoms with Gasteiger partial charge in [0.25, 0.3) is 0 Å². The summed E-state index contributed by atoms with van der Waals surface area (Å²) in [5, 5.41) is 9.11. The van der Waals surface area contributed by atoms with E-state index >= 15 is 0 Å². The summed E-state index contributed by atoms with van der Waals surface area (Å²) in [4.78, 5) is 11.2. The van der Waals surface area contributed by atoms with Crippen LogP contribution in [0.25, 0.3) is 0 Å². The van der Waals surface area contributed by atoms with Crippen LogP contribution in [-0.2, 0) is 0 Å². The summed E-state index contributed by atoms with van der Waals surface area (Å²) < 4.78 is 0. The monoisotopic (exact) mass is 202 g/mol. The molecule has 0 atom stereocenters. The van der Waals surface area contributed by atoms with E-state index in [4.69, 9.17) is 16.7 Å². The van der Waals surface area contributed by atoms with Crippen molar-refractivity contribution in [3.8, 4) is 0 Å². The third-order valence-electron chi connectivity index (χ3n) is 1.58. The Balaban J connectivity index is 3.37. The smallest absolute Gasteiger partial charge is 0.336 e. The van der Waals surface area contributed by atoms with Crippen LogP contribution in [0.15, 0.2) is 17.0 Å². The highest BCUT2D eigenvalue weighted by atomic mass is 35.5. The molecule has 0 heterocycles. The van der Waals surface area contributed by atoms with E-state index in [1.807, 2.05) is 0 Å². The van der Waals surface area contributed by atoms with Crippen LogP contribution < -0.4 is 0 Å². The minimum Gasteiger partial charge on any atom is -0.478 e. The quantitative estimate of drug-likeness (QED) is 0.687. The average molecular weight is 203 g/mol. The molecule has 0 fully saturated rings. The molecule has 0 saturated heterocycles. The summed E-state index contributed by atoms with van der Waals surface area (Å²) in [6.45, 7) is 1.70. The Bertz CT molecular complexity index is 336. The zero-order chi connectivity index (χ0) is 9.30. The number of carboxylic acid groups (broad SMARTS) is 1. The summed E-state index contributed by atoms with van der Waals surface area (Å²) in [6, 6.07) is 3.03. The lowest BCUT2D eigenvalue weighted by Gasteiger charge is -2.03. The molecule has 0 aromatic heterocycles. The maximum Gasteiger partial charge on any atom is 0.336 e. The maximum absolute atomic E-state index is 10.6. The summed E-state index contributed by atoms with van der Waals surface area (Å²) in [5.74, 6) is -0.981. The molecule has 1 rings (SSSR count). The van der Waals surface area contributed by atoms with Crippen LogP contribution in [0.4, 0.5) is 0 Å². The minimum absolute atomic E-state index is 0.201. The largest absolute Gasteiger partial charge is 0.478 e. The van der Waals surface area contributed by atoms with Crippen LogP contribution in [0.3, 0.4) is 0 Å². The number of carboxylic acids is 1. The molecule has 4 heteroatoms. The Kier molecular flexibility index (Phi) is 2.65. The summed E-state index contributed by atoms with van der Waals surface area (Å²) >= 11 is 9.74. The molecule has 1 N–H and O–H groups in total. The standard InChI is InChI=1S/C8H7ClO2S/c1-4-6(8(10)11)2-5(9)3-7(4)12/h2-3,12H,1H3,(H,10,11). The highest BCUT2D eigenvalue weighted by molar-refractivity contribution is 7.80. The number of hydrogen-bond acceptors (Lipinski definition) is 2. The molecule has 0 aliphatic heterocycles. The van der Waals surface area contributed by atoms with Crippen LogP contribution >= 0.6 is 24.2 Å². The summed E-state index contributed by atoms with van der Waals surface area (Å²) in [7, 11) is 0. The fourth-order valence-corrected chi connectivity index (χ4v) is 1.44. The van der Waals surface area contributed by atoms with E-state index in [1.54, 1.807) is 13.0 Å². The molecule has 0 unspecified atom stereocenters. The molecule has 2 nitrogen and oxygen atoms in total. The maximum atomic E-state index is 10.6. The first-order valence-corrected chi connectivity index (χ1v) is 4.07. The predicted octanol–water partition coefficient (Wildman–Crippen LogP) is 2.64. The van der Waals surface area contributed by atoms with Gasteiger partial charge in [-0.25, -0.2) is 4.79 Å². The third-order valence-corrected chi connectivity index (χ3v) is 2.26. The second-order valence-corrected chi connectivity index (χ2v) is 3.32. The number of rotatable bonds is 1. The zero-order valence-corrected chi connectivity index (χ0v) is 7.99. The first-order valence-electron chi connectivity index (χ1n) is 3.25.